The largest absolute Gasteiger partial charge is 0.492 e. The van der Waals surface area contributed by atoms with Gasteiger partial charge in [-0.3, -0.25) is 4.90 Å². The second-order valence-corrected chi connectivity index (χ2v) is 9.79. The Morgan fingerprint density at radius 1 is 0.821 bits per heavy atom. The summed E-state index contributed by atoms with van der Waals surface area (Å²) in [5.74, 6) is 0.904. The summed E-state index contributed by atoms with van der Waals surface area (Å²) in [6.07, 6.45) is 3.99. The quantitative estimate of drug-likeness (QED) is 0.537. The first kappa shape index (κ1) is 20.1. The summed E-state index contributed by atoms with van der Waals surface area (Å²) >= 11 is 13.7. The number of hydrogen-bond acceptors (Lipinski definition) is 2. The highest BCUT2D eigenvalue weighted by Gasteiger charge is 2.82. The van der Waals surface area contributed by atoms with Gasteiger partial charge in [0.15, 0.2) is 0 Å². The van der Waals surface area contributed by atoms with Gasteiger partial charge in [-0.2, -0.15) is 0 Å². The van der Waals surface area contributed by atoms with Crippen molar-refractivity contribution in [1.29, 1.82) is 0 Å². The summed E-state index contributed by atoms with van der Waals surface area (Å²) in [4.78, 5) is 2.49. The van der Waals surface area contributed by atoms with Crippen LogP contribution in [0.2, 0.25) is 0 Å². The molecule has 2 aliphatic rings. The molecule has 28 heavy (non-hydrogen) atoms. The fourth-order valence-corrected chi connectivity index (χ4v) is 5.97. The molecule has 0 aromatic heterocycles. The molecular formula is C24H29Cl2NO. The number of piperidine rings is 1. The van der Waals surface area contributed by atoms with Crippen LogP contribution in [0, 0.1) is 0 Å². The molecule has 2 aromatic rings. The summed E-state index contributed by atoms with van der Waals surface area (Å²) in [7, 11) is 0. The molecule has 0 bridgehead atoms. The van der Waals surface area contributed by atoms with E-state index in [0.717, 1.165) is 24.5 Å². The molecule has 2 fully saturated rings. The van der Waals surface area contributed by atoms with Crippen LogP contribution in [0.5, 0.6) is 5.75 Å². The molecule has 2 nitrogen and oxygen atoms in total. The van der Waals surface area contributed by atoms with Crippen molar-refractivity contribution < 1.29 is 4.74 Å². The van der Waals surface area contributed by atoms with Crippen LogP contribution in [-0.4, -0.2) is 35.5 Å². The Labute approximate surface area is 178 Å². The predicted octanol–water partition coefficient (Wildman–Crippen LogP) is 5.95. The minimum absolute atomic E-state index is 0.332. The smallest absolute Gasteiger partial charge is 0.138 e. The van der Waals surface area contributed by atoms with Crippen LogP contribution in [0.3, 0.4) is 0 Å². The zero-order valence-electron chi connectivity index (χ0n) is 16.8. The maximum Gasteiger partial charge on any atom is 0.138 e. The van der Waals surface area contributed by atoms with E-state index in [0.29, 0.717) is 0 Å². The Kier molecular flexibility index (Phi) is 5.41. The van der Waals surface area contributed by atoms with Gasteiger partial charge in [0, 0.05) is 17.4 Å². The van der Waals surface area contributed by atoms with Crippen LogP contribution >= 0.6 is 23.2 Å². The van der Waals surface area contributed by atoms with Crippen LogP contribution in [0.4, 0.5) is 0 Å². The van der Waals surface area contributed by atoms with Crippen molar-refractivity contribution in [2.75, 3.05) is 26.2 Å². The van der Waals surface area contributed by atoms with Crippen molar-refractivity contribution in [3.8, 4) is 5.75 Å². The van der Waals surface area contributed by atoms with Crippen molar-refractivity contribution >= 4 is 23.2 Å². The Morgan fingerprint density at radius 3 is 2.00 bits per heavy atom. The molecule has 0 N–H and O–H groups in total. The number of ether oxygens (including phenoxy) is 1. The number of nitrogens with zero attached hydrogens (tertiary/aromatic N) is 1. The predicted molar refractivity (Wildman–Crippen MR) is 118 cm³/mol. The molecule has 1 heterocycles. The Balaban J connectivity index is 1.45. The number of benzene rings is 2. The van der Waals surface area contributed by atoms with Gasteiger partial charge in [0.1, 0.15) is 16.7 Å². The van der Waals surface area contributed by atoms with Gasteiger partial charge in [0.25, 0.3) is 0 Å². The van der Waals surface area contributed by atoms with E-state index in [1.54, 1.807) is 0 Å². The first-order valence-electron chi connectivity index (χ1n) is 10.3. The van der Waals surface area contributed by atoms with E-state index >= 15 is 0 Å². The van der Waals surface area contributed by atoms with Gasteiger partial charge < -0.3 is 4.74 Å². The van der Waals surface area contributed by atoms with Crippen LogP contribution in [0.1, 0.15) is 44.2 Å². The lowest BCUT2D eigenvalue weighted by atomic mass is 9.84. The SMILES string of the molecule is CC1(c2ccccc2)C(Cl)(Cl)C1(C)c1ccc(OCCN2CCCCC2)cc1. The third kappa shape index (κ3) is 3.05. The maximum atomic E-state index is 6.86. The monoisotopic (exact) mass is 417 g/mol. The highest BCUT2D eigenvalue weighted by Crippen LogP contribution is 2.78. The normalized spacial score (nSPS) is 29.4. The second kappa shape index (κ2) is 7.55. The molecule has 1 saturated heterocycles. The summed E-state index contributed by atoms with van der Waals surface area (Å²) in [6.45, 7) is 8.45. The number of rotatable bonds is 6. The maximum absolute atomic E-state index is 6.86. The third-order valence-corrected chi connectivity index (χ3v) is 8.61. The van der Waals surface area contributed by atoms with E-state index in [1.165, 1.54) is 37.9 Å². The summed E-state index contributed by atoms with van der Waals surface area (Å²) in [5.41, 5.74) is 1.63. The van der Waals surface area contributed by atoms with Crippen LogP contribution < -0.4 is 4.74 Å². The lowest BCUT2D eigenvalue weighted by molar-refractivity contribution is 0.183. The van der Waals surface area contributed by atoms with Gasteiger partial charge in [-0.15, -0.1) is 0 Å². The van der Waals surface area contributed by atoms with Crippen LogP contribution in [-0.2, 0) is 10.8 Å². The molecule has 150 valence electrons. The first-order valence-corrected chi connectivity index (χ1v) is 11.1. The molecule has 2 unspecified atom stereocenters. The number of likely N-dealkylation sites (tertiary alicyclic amines) is 1. The van der Waals surface area contributed by atoms with Gasteiger partial charge in [0.05, 0.1) is 0 Å². The molecule has 1 aliphatic heterocycles. The van der Waals surface area contributed by atoms with Gasteiger partial charge >= 0.3 is 0 Å². The van der Waals surface area contributed by atoms with Gasteiger partial charge in [-0.1, -0.05) is 85.9 Å². The average molecular weight is 418 g/mol. The molecule has 0 radical (unpaired) electrons. The van der Waals surface area contributed by atoms with Crippen LogP contribution in [0.15, 0.2) is 54.6 Å². The third-order valence-electron chi connectivity index (χ3n) is 7.10. The Bertz CT molecular complexity index is 801. The summed E-state index contributed by atoms with van der Waals surface area (Å²) in [5, 5.41) is 0. The summed E-state index contributed by atoms with van der Waals surface area (Å²) in [6, 6.07) is 18.7. The number of hydrogen-bond donors (Lipinski definition) is 0. The molecule has 4 heteroatoms. The average Bonchev–Trinajstić information content (AvgIpc) is 3.10. The molecule has 4 rings (SSSR count). The van der Waals surface area contributed by atoms with E-state index in [9.17, 15) is 0 Å². The summed E-state index contributed by atoms with van der Waals surface area (Å²) < 4.78 is 5.13. The van der Waals surface area contributed by atoms with Crippen LogP contribution in [0.25, 0.3) is 0 Å². The van der Waals surface area contributed by atoms with Crippen molar-refractivity contribution in [2.24, 2.45) is 0 Å². The van der Waals surface area contributed by atoms with E-state index in [1.807, 2.05) is 30.3 Å². The standard InChI is InChI=1S/C24H29Cl2NO/c1-22(19-9-5-3-6-10-19)23(2,24(22,25)26)20-11-13-21(14-12-20)28-18-17-27-15-7-4-8-16-27/h3,5-6,9-14H,4,7-8,15-18H2,1-2H3. The molecular weight excluding hydrogens is 389 g/mol. The zero-order valence-corrected chi connectivity index (χ0v) is 18.3. The molecule has 2 atom stereocenters. The Hall–Kier alpha value is -1.22. The van der Waals surface area contributed by atoms with Gasteiger partial charge in [-0.25, -0.2) is 0 Å². The number of alkyl halides is 2. The van der Waals surface area contributed by atoms with E-state index in [-0.39, 0.29) is 10.8 Å². The highest BCUT2D eigenvalue weighted by atomic mass is 35.5. The fraction of sp³-hybridized carbons (Fsp3) is 0.500. The van der Waals surface area contributed by atoms with Gasteiger partial charge in [0.2, 0.25) is 0 Å². The lowest BCUT2D eigenvalue weighted by Crippen LogP contribution is -2.33. The van der Waals surface area contributed by atoms with E-state index < -0.39 is 4.33 Å². The highest BCUT2D eigenvalue weighted by molar-refractivity contribution is 6.54. The minimum atomic E-state index is -0.849. The number of halogens is 2. The van der Waals surface area contributed by atoms with Crippen molar-refractivity contribution in [1.82, 2.24) is 4.90 Å². The first-order chi connectivity index (χ1) is 13.4. The topological polar surface area (TPSA) is 12.5 Å². The van der Waals surface area contributed by atoms with Crippen molar-refractivity contribution in [3.05, 3.63) is 65.7 Å². The molecule has 0 spiro atoms. The van der Waals surface area contributed by atoms with E-state index in [2.05, 4.69) is 43.0 Å². The lowest BCUT2D eigenvalue weighted by Gasteiger charge is -2.26. The van der Waals surface area contributed by atoms with Crippen molar-refractivity contribution in [2.45, 2.75) is 48.3 Å². The van der Waals surface area contributed by atoms with Crippen molar-refractivity contribution in [3.63, 3.8) is 0 Å². The zero-order chi connectivity index (χ0) is 19.8. The van der Waals surface area contributed by atoms with Gasteiger partial charge in [-0.05, 0) is 49.2 Å². The minimum Gasteiger partial charge on any atom is -0.492 e. The molecule has 1 aliphatic carbocycles. The second-order valence-electron chi connectivity index (χ2n) is 8.47. The Morgan fingerprint density at radius 2 is 1.39 bits per heavy atom. The fourth-order valence-electron chi connectivity index (χ4n) is 4.87. The molecule has 2 aromatic carbocycles. The molecule has 0 amide bonds. The molecule has 1 saturated carbocycles. The van der Waals surface area contributed by atoms with E-state index in [4.69, 9.17) is 27.9 Å².